The van der Waals surface area contributed by atoms with Crippen molar-refractivity contribution < 1.29 is 22.3 Å². The molecule has 0 atom stereocenters. The molecule has 0 aliphatic heterocycles. The number of rotatable bonds is 5. The maximum atomic E-state index is 14.6. The monoisotopic (exact) mass is 412 g/mol. The average molecular weight is 413 g/mol. The second-order valence-corrected chi connectivity index (χ2v) is 8.95. The van der Waals surface area contributed by atoms with Gasteiger partial charge in [0, 0.05) is 0 Å². The predicted octanol–water partition coefficient (Wildman–Crippen LogP) is 7.89. The van der Waals surface area contributed by atoms with Crippen LogP contribution in [0.15, 0.2) is 18.2 Å². The predicted molar refractivity (Wildman–Crippen MR) is 108 cm³/mol. The van der Waals surface area contributed by atoms with E-state index in [4.69, 9.17) is 4.74 Å². The van der Waals surface area contributed by atoms with Crippen LogP contribution in [-0.4, -0.2) is 6.61 Å². The topological polar surface area (TPSA) is 9.23 Å². The van der Waals surface area contributed by atoms with Gasteiger partial charge in [0.1, 0.15) is 5.56 Å². The van der Waals surface area contributed by atoms with Crippen molar-refractivity contribution in [3.05, 3.63) is 35.2 Å². The Balaban J connectivity index is 1.57. The van der Waals surface area contributed by atoms with Gasteiger partial charge in [-0.25, -0.2) is 4.39 Å². The Bertz CT molecular complexity index is 694. The van der Waals surface area contributed by atoms with E-state index in [1.165, 1.54) is 50.0 Å². The van der Waals surface area contributed by atoms with Crippen molar-refractivity contribution in [1.82, 2.24) is 0 Å². The molecule has 162 valence electrons. The lowest BCUT2D eigenvalue weighted by molar-refractivity contribution is -0.140. The number of hydrogen-bond acceptors (Lipinski definition) is 1. The number of benzene rings is 1. The maximum Gasteiger partial charge on any atom is 0.419 e. The molecule has 0 spiro atoms. The summed E-state index contributed by atoms with van der Waals surface area (Å²) in [5.41, 5.74) is -1.42. The van der Waals surface area contributed by atoms with E-state index in [1.54, 1.807) is 6.92 Å². The van der Waals surface area contributed by atoms with Crippen LogP contribution in [-0.2, 0) is 6.18 Å². The lowest BCUT2D eigenvalue weighted by atomic mass is 9.69. The average Bonchev–Trinajstić information content (AvgIpc) is 2.68. The van der Waals surface area contributed by atoms with Crippen LogP contribution in [0.2, 0.25) is 0 Å². The molecule has 0 radical (unpaired) electrons. The fourth-order valence-electron chi connectivity index (χ4n) is 5.08. The normalized spacial score (nSPS) is 28.6. The highest BCUT2D eigenvalue weighted by molar-refractivity contribution is 5.57. The summed E-state index contributed by atoms with van der Waals surface area (Å²) >= 11 is 0. The first-order chi connectivity index (χ1) is 13.8. The molecule has 1 aromatic rings. The molecule has 29 heavy (non-hydrogen) atoms. The largest absolute Gasteiger partial charge is 0.490 e. The minimum atomic E-state index is -4.76. The molecule has 3 rings (SSSR count). The van der Waals surface area contributed by atoms with E-state index in [9.17, 15) is 17.6 Å². The van der Waals surface area contributed by atoms with Gasteiger partial charge in [-0.3, -0.25) is 0 Å². The molecule has 2 fully saturated rings. The zero-order chi connectivity index (χ0) is 21.0. The lowest BCUT2D eigenvalue weighted by Crippen LogP contribution is -2.27. The van der Waals surface area contributed by atoms with Crippen molar-refractivity contribution in [2.75, 3.05) is 6.61 Å². The molecular weight excluding hydrogens is 380 g/mol. The summed E-state index contributed by atoms with van der Waals surface area (Å²) in [6, 6.07) is 2.59. The summed E-state index contributed by atoms with van der Waals surface area (Å²) in [7, 11) is 0. The molecule has 0 heterocycles. The summed E-state index contributed by atoms with van der Waals surface area (Å²) < 4.78 is 60.1. The van der Waals surface area contributed by atoms with Gasteiger partial charge >= 0.3 is 6.18 Å². The zero-order valence-electron chi connectivity index (χ0n) is 17.4. The summed E-state index contributed by atoms with van der Waals surface area (Å²) in [5, 5.41) is 0. The van der Waals surface area contributed by atoms with Gasteiger partial charge in [0.2, 0.25) is 0 Å². The van der Waals surface area contributed by atoms with Crippen LogP contribution in [0.4, 0.5) is 17.6 Å². The Morgan fingerprint density at radius 3 is 2.10 bits per heavy atom. The van der Waals surface area contributed by atoms with E-state index in [2.05, 4.69) is 6.92 Å². The van der Waals surface area contributed by atoms with Gasteiger partial charge in [0.15, 0.2) is 11.6 Å². The molecule has 0 amide bonds. The first kappa shape index (κ1) is 22.2. The minimum Gasteiger partial charge on any atom is -0.490 e. The van der Waals surface area contributed by atoms with Gasteiger partial charge < -0.3 is 4.74 Å². The SMILES string of the molecule is C/C=C/c1ccc(OCC2CCC(C3CCC(C)CC3)CC2)c(F)c1C(F)(F)F. The summed E-state index contributed by atoms with van der Waals surface area (Å²) in [4.78, 5) is 0. The lowest BCUT2D eigenvalue weighted by Gasteiger charge is -2.37. The zero-order valence-corrected chi connectivity index (χ0v) is 17.4. The molecule has 5 heteroatoms. The maximum absolute atomic E-state index is 14.6. The van der Waals surface area contributed by atoms with Crippen molar-refractivity contribution in [3.8, 4) is 5.75 Å². The molecule has 0 N–H and O–H groups in total. The van der Waals surface area contributed by atoms with Crippen LogP contribution in [0.1, 0.15) is 76.3 Å². The Kier molecular flexibility index (Phi) is 7.28. The number of alkyl halides is 3. The van der Waals surface area contributed by atoms with Crippen LogP contribution >= 0.6 is 0 Å². The van der Waals surface area contributed by atoms with Gasteiger partial charge in [-0.2, -0.15) is 13.2 Å². The van der Waals surface area contributed by atoms with Gasteiger partial charge in [0.05, 0.1) is 6.61 Å². The van der Waals surface area contributed by atoms with Gasteiger partial charge in [-0.15, -0.1) is 0 Å². The Morgan fingerprint density at radius 1 is 0.966 bits per heavy atom. The van der Waals surface area contributed by atoms with E-state index in [1.807, 2.05) is 0 Å². The van der Waals surface area contributed by atoms with Gasteiger partial charge in [-0.1, -0.05) is 38.0 Å². The molecule has 0 aromatic heterocycles. The minimum absolute atomic E-state index is 0.174. The van der Waals surface area contributed by atoms with Crippen molar-refractivity contribution in [2.24, 2.45) is 23.7 Å². The van der Waals surface area contributed by atoms with E-state index >= 15 is 0 Å². The molecule has 1 aromatic carbocycles. The van der Waals surface area contributed by atoms with E-state index in [-0.39, 0.29) is 23.8 Å². The van der Waals surface area contributed by atoms with E-state index in [0.29, 0.717) is 0 Å². The van der Waals surface area contributed by atoms with Gasteiger partial charge in [-0.05, 0) is 80.8 Å². The number of halogens is 4. The van der Waals surface area contributed by atoms with Crippen LogP contribution in [0.3, 0.4) is 0 Å². The number of allylic oxidation sites excluding steroid dienone is 1. The van der Waals surface area contributed by atoms with Crippen molar-refractivity contribution in [2.45, 2.75) is 71.4 Å². The Morgan fingerprint density at radius 2 is 1.55 bits per heavy atom. The van der Waals surface area contributed by atoms with Crippen LogP contribution in [0.25, 0.3) is 6.08 Å². The third kappa shape index (κ3) is 5.55. The molecule has 0 saturated heterocycles. The molecule has 0 bridgehead atoms. The quantitative estimate of drug-likeness (QED) is 0.447. The number of ether oxygens (including phenoxy) is 1. The highest BCUT2D eigenvalue weighted by Gasteiger charge is 2.38. The van der Waals surface area contributed by atoms with Crippen LogP contribution < -0.4 is 4.74 Å². The highest BCUT2D eigenvalue weighted by atomic mass is 19.4. The summed E-state index contributed by atoms with van der Waals surface area (Å²) in [5.74, 6) is 1.14. The van der Waals surface area contributed by atoms with E-state index in [0.717, 1.165) is 43.4 Å². The first-order valence-corrected chi connectivity index (χ1v) is 10.9. The van der Waals surface area contributed by atoms with Crippen molar-refractivity contribution >= 4 is 6.08 Å². The Hall–Kier alpha value is -1.52. The molecule has 2 aliphatic carbocycles. The smallest absolute Gasteiger partial charge is 0.419 e. The summed E-state index contributed by atoms with van der Waals surface area (Å²) in [6.07, 6.45) is 7.64. The van der Waals surface area contributed by atoms with Crippen LogP contribution in [0.5, 0.6) is 5.75 Å². The van der Waals surface area contributed by atoms with Crippen LogP contribution in [0, 0.1) is 29.5 Å². The fraction of sp³-hybridized carbons (Fsp3) is 0.667. The molecular formula is C24H32F4O. The van der Waals surface area contributed by atoms with Gasteiger partial charge in [0.25, 0.3) is 0 Å². The molecule has 2 aliphatic rings. The van der Waals surface area contributed by atoms with E-state index < -0.39 is 17.6 Å². The standard InChI is InChI=1S/C24H32F4O/c1-3-4-20-13-14-21(23(25)22(20)24(26,27)28)29-15-17-7-11-19(12-8-17)18-9-5-16(2)6-10-18/h3-4,13-14,16-19H,5-12,15H2,1-2H3/b4-3+. The van der Waals surface area contributed by atoms with Crippen molar-refractivity contribution in [1.29, 1.82) is 0 Å². The first-order valence-electron chi connectivity index (χ1n) is 10.9. The number of hydrogen-bond donors (Lipinski definition) is 0. The second-order valence-electron chi connectivity index (χ2n) is 8.95. The third-order valence-corrected chi connectivity index (χ3v) is 6.86. The van der Waals surface area contributed by atoms with Crippen molar-refractivity contribution in [3.63, 3.8) is 0 Å². The summed E-state index contributed by atoms with van der Waals surface area (Å²) in [6.45, 7) is 4.22. The molecule has 1 nitrogen and oxygen atoms in total. The molecule has 0 unspecified atom stereocenters. The Labute approximate surface area is 171 Å². The third-order valence-electron chi connectivity index (χ3n) is 6.86. The second kappa shape index (κ2) is 9.53. The highest BCUT2D eigenvalue weighted by Crippen LogP contribution is 2.42. The fourth-order valence-corrected chi connectivity index (χ4v) is 5.08. The molecule has 2 saturated carbocycles.